The minimum Gasteiger partial charge on any atom is -0.339 e. The first kappa shape index (κ1) is 17.8. The summed E-state index contributed by atoms with van der Waals surface area (Å²) in [5.74, 6) is -0.661. The molecule has 2 heterocycles. The Morgan fingerprint density at radius 1 is 1.04 bits per heavy atom. The van der Waals surface area contributed by atoms with Crippen molar-refractivity contribution in [3.05, 3.63) is 30.1 Å². The summed E-state index contributed by atoms with van der Waals surface area (Å²) in [6.45, 7) is 1.58. The van der Waals surface area contributed by atoms with Gasteiger partial charge in [0.25, 0.3) is 0 Å². The minimum atomic E-state index is -3.69. The van der Waals surface area contributed by atoms with Crippen LogP contribution in [-0.4, -0.2) is 73.6 Å². The molecular weight excluding hydrogens is 349 g/mol. The number of sulfonamides is 1. The molecule has 0 spiro atoms. The number of carbonyl (C=O) groups excluding carboxylic acids is 2. The highest BCUT2D eigenvalue weighted by Gasteiger charge is 2.31. The van der Waals surface area contributed by atoms with Crippen molar-refractivity contribution in [2.45, 2.75) is 17.7 Å². The van der Waals surface area contributed by atoms with Crippen LogP contribution in [0.25, 0.3) is 0 Å². The molecule has 2 amide bonds. The summed E-state index contributed by atoms with van der Waals surface area (Å²) in [5, 5.41) is 0. The zero-order valence-corrected chi connectivity index (χ0v) is 14.5. The Hall–Kier alpha value is -2.00. The van der Waals surface area contributed by atoms with Crippen molar-refractivity contribution in [1.29, 1.82) is 0 Å². The van der Waals surface area contributed by atoms with Crippen LogP contribution in [0.5, 0.6) is 0 Å². The molecular formula is C16H20FN3O4S. The van der Waals surface area contributed by atoms with Crippen molar-refractivity contribution >= 4 is 21.8 Å². The van der Waals surface area contributed by atoms with E-state index in [0.717, 1.165) is 18.6 Å². The van der Waals surface area contributed by atoms with Gasteiger partial charge in [-0.15, -0.1) is 0 Å². The monoisotopic (exact) mass is 369 g/mol. The lowest BCUT2D eigenvalue weighted by Crippen LogP contribution is -2.52. The van der Waals surface area contributed by atoms with Gasteiger partial charge in [0.05, 0.1) is 11.4 Å². The van der Waals surface area contributed by atoms with E-state index in [9.17, 15) is 22.4 Å². The van der Waals surface area contributed by atoms with Gasteiger partial charge in [-0.1, -0.05) is 0 Å². The Balaban J connectivity index is 1.58. The highest BCUT2D eigenvalue weighted by atomic mass is 32.2. The predicted octanol–water partition coefficient (Wildman–Crippen LogP) is 0.281. The fourth-order valence-corrected chi connectivity index (χ4v) is 4.49. The van der Waals surface area contributed by atoms with Crippen molar-refractivity contribution in [2.24, 2.45) is 0 Å². The van der Waals surface area contributed by atoms with Crippen LogP contribution in [0.15, 0.2) is 29.2 Å². The highest BCUT2D eigenvalue weighted by Crippen LogP contribution is 2.18. The van der Waals surface area contributed by atoms with Crippen molar-refractivity contribution < 1.29 is 22.4 Å². The van der Waals surface area contributed by atoms with Gasteiger partial charge in [-0.2, -0.15) is 4.31 Å². The van der Waals surface area contributed by atoms with Gasteiger partial charge in [0.15, 0.2) is 0 Å². The zero-order valence-electron chi connectivity index (χ0n) is 13.7. The van der Waals surface area contributed by atoms with Crippen LogP contribution in [0.1, 0.15) is 12.8 Å². The predicted molar refractivity (Wildman–Crippen MR) is 87.6 cm³/mol. The summed E-state index contributed by atoms with van der Waals surface area (Å²) in [6.07, 6.45) is 1.26. The molecule has 0 unspecified atom stereocenters. The van der Waals surface area contributed by atoms with Gasteiger partial charge in [-0.25, -0.2) is 12.8 Å². The molecule has 1 aromatic carbocycles. The van der Waals surface area contributed by atoms with Gasteiger partial charge in [0.2, 0.25) is 21.8 Å². The van der Waals surface area contributed by atoms with Crippen LogP contribution in [0, 0.1) is 5.82 Å². The third kappa shape index (κ3) is 3.82. The number of hydrogen-bond donors (Lipinski definition) is 0. The van der Waals surface area contributed by atoms with E-state index in [0.29, 0.717) is 13.0 Å². The maximum Gasteiger partial charge on any atom is 0.243 e. The van der Waals surface area contributed by atoms with Crippen LogP contribution in [0.3, 0.4) is 0 Å². The number of piperazine rings is 1. The molecule has 25 heavy (non-hydrogen) atoms. The van der Waals surface area contributed by atoms with Gasteiger partial charge in [0.1, 0.15) is 5.82 Å². The summed E-state index contributed by atoms with van der Waals surface area (Å²) in [4.78, 5) is 27.1. The third-order valence-corrected chi connectivity index (χ3v) is 6.45. The van der Waals surface area contributed by atoms with E-state index in [1.807, 2.05) is 0 Å². The molecule has 0 N–H and O–H groups in total. The number of likely N-dealkylation sites (tertiary alicyclic amines) is 1. The zero-order chi connectivity index (χ0) is 18.0. The second-order valence-corrected chi connectivity index (χ2v) is 8.10. The molecule has 0 bridgehead atoms. The fraction of sp³-hybridized carbons (Fsp3) is 0.500. The molecule has 2 aliphatic heterocycles. The lowest BCUT2D eigenvalue weighted by Gasteiger charge is -2.34. The van der Waals surface area contributed by atoms with Gasteiger partial charge in [-0.05, 0) is 30.7 Å². The van der Waals surface area contributed by atoms with Crippen molar-refractivity contribution in [3.63, 3.8) is 0 Å². The third-order valence-electron chi connectivity index (χ3n) is 4.54. The van der Waals surface area contributed by atoms with Crippen molar-refractivity contribution in [3.8, 4) is 0 Å². The molecule has 0 saturated carbocycles. The molecule has 0 radical (unpaired) electrons. The number of hydrogen-bond acceptors (Lipinski definition) is 4. The second-order valence-electron chi connectivity index (χ2n) is 6.16. The molecule has 3 rings (SSSR count). The lowest BCUT2D eigenvalue weighted by atomic mass is 10.3. The fourth-order valence-electron chi connectivity index (χ4n) is 3.07. The van der Waals surface area contributed by atoms with E-state index >= 15 is 0 Å². The molecule has 2 saturated heterocycles. The van der Waals surface area contributed by atoms with Crippen LogP contribution in [0.2, 0.25) is 0 Å². The Bertz CT molecular complexity index is 758. The van der Waals surface area contributed by atoms with Crippen molar-refractivity contribution in [2.75, 3.05) is 39.3 Å². The van der Waals surface area contributed by atoms with Crippen LogP contribution < -0.4 is 0 Å². The highest BCUT2D eigenvalue weighted by molar-refractivity contribution is 7.89. The summed E-state index contributed by atoms with van der Waals surface area (Å²) in [6, 6.07) is 4.70. The van der Waals surface area contributed by atoms with E-state index in [1.54, 1.807) is 9.80 Å². The summed E-state index contributed by atoms with van der Waals surface area (Å²) >= 11 is 0. The summed E-state index contributed by atoms with van der Waals surface area (Å²) in [7, 11) is -3.69. The molecule has 2 aliphatic rings. The average molecular weight is 369 g/mol. The lowest BCUT2D eigenvalue weighted by molar-refractivity contribution is -0.139. The quantitative estimate of drug-likeness (QED) is 0.764. The van der Waals surface area contributed by atoms with Gasteiger partial charge >= 0.3 is 0 Å². The van der Waals surface area contributed by atoms with E-state index in [1.165, 1.54) is 16.4 Å². The van der Waals surface area contributed by atoms with E-state index in [2.05, 4.69) is 0 Å². The first-order valence-corrected chi connectivity index (χ1v) is 9.63. The number of amides is 2. The van der Waals surface area contributed by atoms with Crippen LogP contribution in [-0.2, 0) is 19.6 Å². The van der Waals surface area contributed by atoms with E-state index in [4.69, 9.17) is 0 Å². The Kier molecular flexibility index (Phi) is 5.05. The minimum absolute atomic E-state index is 0.00845. The molecule has 0 atom stereocenters. The molecule has 2 fully saturated rings. The molecule has 7 nitrogen and oxygen atoms in total. The van der Waals surface area contributed by atoms with Gasteiger partial charge < -0.3 is 9.80 Å². The number of nitrogens with zero attached hydrogens (tertiary/aromatic N) is 3. The summed E-state index contributed by atoms with van der Waals surface area (Å²) < 4.78 is 39.4. The largest absolute Gasteiger partial charge is 0.339 e. The number of carbonyl (C=O) groups is 2. The average Bonchev–Trinajstić information content (AvgIpc) is 3.00. The molecule has 1 aromatic rings. The molecule has 0 aromatic heterocycles. The number of halogens is 1. The molecule has 136 valence electrons. The number of rotatable bonds is 4. The maximum atomic E-state index is 13.0. The van der Waals surface area contributed by atoms with Gasteiger partial charge in [-0.3, -0.25) is 9.59 Å². The van der Waals surface area contributed by atoms with Crippen molar-refractivity contribution in [1.82, 2.24) is 14.1 Å². The van der Waals surface area contributed by atoms with E-state index in [-0.39, 0.29) is 49.4 Å². The summed E-state index contributed by atoms with van der Waals surface area (Å²) in [5.41, 5.74) is 0. The molecule has 0 aliphatic carbocycles. The Morgan fingerprint density at radius 2 is 1.68 bits per heavy atom. The Morgan fingerprint density at radius 3 is 2.24 bits per heavy atom. The number of benzene rings is 1. The topological polar surface area (TPSA) is 78.0 Å². The second kappa shape index (κ2) is 7.09. The first-order chi connectivity index (χ1) is 11.9. The van der Waals surface area contributed by atoms with Gasteiger partial charge in [0, 0.05) is 39.1 Å². The normalized spacial score (nSPS) is 19.5. The van der Waals surface area contributed by atoms with Crippen LogP contribution >= 0.6 is 0 Å². The Labute approximate surface area is 146 Å². The van der Waals surface area contributed by atoms with Crippen LogP contribution in [0.4, 0.5) is 4.39 Å². The van der Waals surface area contributed by atoms with E-state index < -0.39 is 15.8 Å². The SMILES string of the molecule is O=C(CN1CCCC1=O)N1CCN(S(=O)(=O)c2ccc(F)cc2)CC1. The standard InChI is InChI=1S/C16H20FN3O4S/c17-13-3-5-14(6-4-13)25(23,24)20-10-8-18(9-11-20)16(22)12-19-7-1-2-15(19)21/h3-6H,1-2,7-12H2. The molecule has 9 heteroatoms. The maximum absolute atomic E-state index is 13.0. The first-order valence-electron chi connectivity index (χ1n) is 8.19. The smallest absolute Gasteiger partial charge is 0.243 e.